The van der Waals surface area contributed by atoms with E-state index in [9.17, 15) is 0 Å². The Bertz CT molecular complexity index is 3790. The molecule has 10 aromatic carbocycles. The van der Waals surface area contributed by atoms with Gasteiger partial charge >= 0.3 is 0 Å². The molecule has 2 aromatic heterocycles. The number of para-hydroxylation sites is 3. The Morgan fingerprint density at radius 3 is 1.50 bits per heavy atom. The maximum Gasteiger partial charge on any atom is 0.143 e. The lowest BCUT2D eigenvalue weighted by atomic mass is 9.70. The molecule has 14 rings (SSSR count). The molecule has 0 saturated carbocycles. The maximum atomic E-state index is 6.87. The Hall–Kier alpha value is -8.40. The van der Waals surface area contributed by atoms with Crippen LogP contribution in [-0.4, -0.2) is 0 Å². The fourth-order valence-corrected chi connectivity index (χ4v) is 11.2. The highest BCUT2D eigenvalue weighted by molar-refractivity contribution is 6.13. The molecule has 2 heterocycles. The lowest BCUT2D eigenvalue weighted by Gasteiger charge is -2.32. The molecule has 0 radical (unpaired) electrons. The summed E-state index contributed by atoms with van der Waals surface area (Å²) < 4.78 is 13.4. The van der Waals surface area contributed by atoms with Crippen molar-refractivity contribution in [3.8, 4) is 44.5 Å². The number of hydrogen-bond acceptors (Lipinski definition) is 3. The summed E-state index contributed by atoms with van der Waals surface area (Å²) in [6, 6.07) is 81.4. The van der Waals surface area contributed by atoms with E-state index >= 15 is 0 Å². The van der Waals surface area contributed by atoms with Crippen LogP contribution in [0.3, 0.4) is 0 Å². The normalized spacial score (nSPS) is 13.1. The van der Waals surface area contributed by atoms with Crippen molar-refractivity contribution in [2.75, 3.05) is 4.90 Å². The molecule has 64 heavy (non-hydrogen) atoms. The SMILES string of the molecule is c1ccc(-c2ccc(N(c3ccc(-c4cccc5c4oc4ccccc45)cc3)c3ccc4c(c3)C3(c5ccccc5-c5ccccc53)c3ccc5c(oc6ccccc65)c3-4)cc2)cc1. The third-order valence-electron chi connectivity index (χ3n) is 13.9. The van der Waals surface area contributed by atoms with E-state index in [2.05, 4.69) is 217 Å². The van der Waals surface area contributed by atoms with Crippen LogP contribution in [0, 0.1) is 0 Å². The van der Waals surface area contributed by atoms with Gasteiger partial charge in [-0.3, -0.25) is 0 Å². The van der Waals surface area contributed by atoms with Crippen molar-refractivity contribution in [3.63, 3.8) is 0 Å². The summed E-state index contributed by atoms with van der Waals surface area (Å²) >= 11 is 0. The van der Waals surface area contributed by atoms with Crippen molar-refractivity contribution in [1.82, 2.24) is 0 Å². The lowest BCUT2D eigenvalue weighted by molar-refractivity contribution is 0.669. The van der Waals surface area contributed by atoms with Crippen molar-refractivity contribution in [1.29, 1.82) is 0 Å². The molecular weight excluding hydrogens is 779 g/mol. The van der Waals surface area contributed by atoms with E-state index in [-0.39, 0.29) is 0 Å². The second-order valence-corrected chi connectivity index (χ2v) is 17.1. The molecular formula is C61H37NO2. The van der Waals surface area contributed by atoms with Gasteiger partial charge in [-0.2, -0.15) is 0 Å². The highest BCUT2D eigenvalue weighted by atomic mass is 16.3. The van der Waals surface area contributed by atoms with Gasteiger partial charge in [-0.15, -0.1) is 0 Å². The third-order valence-corrected chi connectivity index (χ3v) is 13.9. The van der Waals surface area contributed by atoms with Gasteiger partial charge in [0.2, 0.25) is 0 Å². The van der Waals surface area contributed by atoms with Gasteiger partial charge < -0.3 is 13.7 Å². The first-order valence-corrected chi connectivity index (χ1v) is 22.0. The largest absolute Gasteiger partial charge is 0.455 e. The topological polar surface area (TPSA) is 29.5 Å². The Labute approximate surface area is 369 Å². The molecule has 0 N–H and O–H groups in total. The van der Waals surface area contributed by atoms with E-state index in [1.807, 2.05) is 12.1 Å². The van der Waals surface area contributed by atoms with Crippen LogP contribution in [0.2, 0.25) is 0 Å². The molecule has 1 spiro atoms. The number of furan rings is 2. The number of anilines is 3. The summed E-state index contributed by atoms with van der Waals surface area (Å²) in [7, 11) is 0. The number of benzene rings is 10. The first kappa shape index (κ1) is 35.2. The summed E-state index contributed by atoms with van der Waals surface area (Å²) in [6.45, 7) is 0. The van der Waals surface area contributed by atoms with Crippen molar-refractivity contribution < 1.29 is 8.83 Å². The minimum Gasteiger partial charge on any atom is -0.455 e. The van der Waals surface area contributed by atoms with Crippen molar-refractivity contribution in [3.05, 3.63) is 247 Å². The molecule has 0 bridgehead atoms. The predicted molar refractivity (Wildman–Crippen MR) is 263 cm³/mol. The second-order valence-electron chi connectivity index (χ2n) is 17.1. The van der Waals surface area contributed by atoms with Crippen LogP contribution in [0.5, 0.6) is 0 Å². The van der Waals surface area contributed by atoms with Crippen molar-refractivity contribution in [2.24, 2.45) is 0 Å². The van der Waals surface area contributed by atoms with E-state index in [4.69, 9.17) is 8.83 Å². The minimum absolute atomic E-state index is 0.557. The molecule has 0 fully saturated rings. The maximum absolute atomic E-state index is 6.87. The van der Waals surface area contributed by atoms with E-state index in [1.54, 1.807) is 0 Å². The monoisotopic (exact) mass is 815 g/mol. The van der Waals surface area contributed by atoms with Crippen LogP contribution < -0.4 is 4.90 Å². The highest BCUT2D eigenvalue weighted by Crippen LogP contribution is 2.64. The van der Waals surface area contributed by atoms with Gasteiger partial charge in [-0.25, -0.2) is 0 Å². The van der Waals surface area contributed by atoms with Crippen LogP contribution in [0.4, 0.5) is 17.1 Å². The van der Waals surface area contributed by atoms with Gasteiger partial charge in [0.05, 0.1) is 5.41 Å². The summed E-state index contributed by atoms with van der Waals surface area (Å²) in [6.07, 6.45) is 0. The first-order chi connectivity index (χ1) is 31.7. The second kappa shape index (κ2) is 13.3. The molecule has 298 valence electrons. The molecule has 0 aliphatic heterocycles. The van der Waals surface area contributed by atoms with Gasteiger partial charge in [-0.1, -0.05) is 176 Å². The molecule has 3 nitrogen and oxygen atoms in total. The molecule has 0 saturated heterocycles. The van der Waals surface area contributed by atoms with Gasteiger partial charge in [0.15, 0.2) is 0 Å². The average molecular weight is 816 g/mol. The third kappa shape index (κ3) is 4.81. The van der Waals surface area contributed by atoms with Gasteiger partial charge in [0, 0.05) is 49.7 Å². The highest BCUT2D eigenvalue weighted by Gasteiger charge is 2.52. The van der Waals surface area contributed by atoms with Crippen molar-refractivity contribution in [2.45, 2.75) is 5.41 Å². The van der Waals surface area contributed by atoms with Crippen LogP contribution in [0.15, 0.2) is 233 Å². The number of nitrogens with zero attached hydrogens (tertiary/aromatic N) is 1. The predicted octanol–water partition coefficient (Wildman–Crippen LogP) is 16.6. The van der Waals surface area contributed by atoms with Gasteiger partial charge in [-0.05, 0) is 104 Å². The summed E-state index contributed by atoms with van der Waals surface area (Å²) in [5, 5.41) is 4.53. The molecule has 2 aliphatic rings. The average Bonchev–Trinajstić information content (AvgIpc) is 4.10. The smallest absolute Gasteiger partial charge is 0.143 e. The summed E-state index contributed by atoms with van der Waals surface area (Å²) in [4.78, 5) is 2.40. The Kier molecular flexibility index (Phi) is 7.32. The molecule has 12 aromatic rings. The van der Waals surface area contributed by atoms with E-state index in [0.29, 0.717) is 0 Å². The van der Waals surface area contributed by atoms with Crippen molar-refractivity contribution >= 4 is 60.9 Å². The van der Waals surface area contributed by atoms with Crippen LogP contribution in [-0.2, 0) is 5.41 Å². The summed E-state index contributed by atoms with van der Waals surface area (Å²) in [5.74, 6) is 0. The minimum atomic E-state index is -0.557. The standard InChI is InChI=1S/C61H37NO2/c1-2-13-38(14-3-1)39-25-29-41(30-26-39)62(42-31-27-40(28-32-42)44-19-12-20-49-47-17-6-10-23-56(47)63-59(44)49)43-33-34-51-55(37-43)61(52-21-8-4-15-45(52)46-16-5-9-22-53(46)61)54-36-35-50-48-18-7-11-24-57(48)64-60(50)58(51)54/h1-37H. The van der Waals surface area contributed by atoms with E-state index in [1.165, 1.54) is 55.6 Å². The van der Waals surface area contributed by atoms with Crippen LogP contribution >= 0.6 is 0 Å². The quantitative estimate of drug-likeness (QED) is 0.173. The zero-order chi connectivity index (χ0) is 41.9. The van der Waals surface area contributed by atoms with Crippen LogP contribution in [0.25, 0.3) is 88.4 Å². The number of hydrogen-bond donors (Lipinski definition) is 0. The fourth-order valence-electron chi connectivity index (χ4n) is 11.2. The first-order valence-electron chi connectivity index (χ1n) is 22.0. The lowest BCUT2D eigenvalue weighted by Crippen LogP contribution is -2.26. The molecule has 2 aliphatic carbocycles. The Morgan fingerprint density at radius 2 is 0.812 bits per heavy atom. The molecule has 0 unspecified atom stereocenters. The zero-order valence-electron chi connectivity index (χ0n) is 34.6. The zero-order valence-corrected chi connectivity index (χ0v) is 34.6. The summed E-state index contributed by atoms with van der Waals surface area (Å²) in [5.41, 5.74) is 20.9. The van der Waals surface area contributed by atoms with Crippen LogP contribution in [0.1, 0.15) is 22.3 Å². The fraction of sp³-hybridized carbons (Fsp3) is 0.0164. The van der Waals surface area contributed by atoms with E-state index in [0.717, 1.165) is 72.1 Å². The number of rotatable bonds is 5. The number of fused-ring (bicyclic) bond motifs is 17. The molecule has 0 amide bonds. The molecule has 0 atom stereocenters. The van der Waals surface area contributed by atoms with Gasteiger partial charge in [0.25, 0.3) is 0 Å². The Morgan fingerprint density at radius 1 is 0.297 bits per heavy atom. The Balaban J connectivity index is 0.996. The van der Waals surface area contributed by atoms with Gasteiger partial charge in [0.1, 0.15) is 22.3 Å². The molecule has 3 heteroatoms. The van der Waals surface area contributed by atoms with E-state index < -0.39 is 5.41 Å².